The number of hydrogen-bond acceptors (Lipinski definition) is 9. The minimum atomic E-state index is -0.614. The van der Waals surface area contributed by atoms with Crippen molar-refractivity contribution in [2.75, 3.05) is 25.7 Å². The Balaban J connectivity index is 1.39. The summed E-state index contributed by atoms with van der Waals surface area (Å²) in [4.78, 5) is 26.5. The SMILES string of the molecule is COc1ccc(N2C[C@H](C(=O)OCc3nnc(-c4ccco4)o3)CC2=O)c(OC)c1. The molecule has 0 unspecified atom stereocenters. The summed E-state index contributed by atoms with van der Waals surface area (Å²) in [6.45, 7) is -0.00900. The van der Waals surface area contributed by atoms with Gasteiger partial charge in [-0.15, -0.1) is 10.2 Å². The second-order valence-electron chi connectivity index (χ2n) is 6.53. The summed E-state index contributed by atoms with van der Waals surface area (Å²) in [6.07, 6.45) is 1.52. The third kappa shape index (κ3) is 3.84. The molecule has 10 nitrogen and oxygen atoms in total. The van der Waals surface area contributed by atoms with Crippen LogP contribution in [0.3, 0.4) is 0 Å². The number of anilines is 1. The predicted octanol–water partition coefficient (Wildman–Crippen LogP) is 2.44. The van der Waals surface area contributed by atoms with Gasteiger partial charge in [-0.2, -0.15) is 0 Å². The molecule has 0 radical (unpaired) electrons. The fraction of sp³-hybridized carbons (Fsp3) is 0.300. The van der Waals surface area contributed by atoms with E-state index in [0.717, 1.165) is 0 Å². The van der Waals surface area contributed by atoms with E-state index < -0.39 is 11.9 Å². The molecule has 0 spiro atoms. The number of ether oxygens (including phenoxy) is 3. The quantitative estimate of drug-likeness (QED) is 0.538. The van der Waals surface area contributed by atoms with Crippen molar-refractivity contribution >= 4 is 17.6 Å². The van der Waals surface area contributed by atoms with Crippen molar-refractivity contribution in [1.82, 2.24) is 10.2 Å². The van der Waals surface area contributed by atoms with Crippen LogP contribution in [0.4, 0.5) is 5.69 Å². The zero-order valence-electron chi connectivity index (χ0n) is 16.4. The Hall–Kier alpha value is -3.82. The van der Waals surface area contributed by atoms with Crippen LogP contribution in [0.25, 0.3) is 11.7 Å². The van der Waals surface area contributed by atoms with Gasteiger partial charge in [0, 0.05) is 19.0 Å². The number of furan rings is 1. The van der Waals surface area contributed by atoms with Gasteiger partial charge in [-0.1, -0.05) is 0 Å². The third-order valence-electron chi connectivity index (χ3n) is 4.67. The van der Waals surface area contributed by atoms with Crippen molar-refractivity contribution in [3.63, 3.8) is 0 Å². The number of carbonyl (C=O) groups is 2. The average Bonchev–Trinajstić information content (AvgIpc) is 3.52. The smallest absolute Gasteiger partial charge is 0.311 e. The molecule has 1 atom stereocenters. The molecule has 1 aromatic carbocycles. The van der Waals surface area contributed by atoms with Gasteiger partial charge in [0.1, 0.15) is 11.5 Å². The molecule has 1 aliphatic rings. The standard InChI is InChI=1S/C20H19N3O7/c1-26-13-5-6-14(16(9-13)27-2)23-10-12(8-18(23)24)20(25)29-11-17-21-22-19(30-17)15-4-3-7-28-15/h3-7,9,12H,8,10-11H2,1-2H3/t12-/m1/s1. The molecule has 1 amide bonds. The molecule has 0 aliphatic carbocycles. The van der Waals surface area contributed by atoms with Crippen LogP contribution in [0.2, 0.25) is 0 Å². The van der Waals surface area contributed by atoms with E-state index in [4.69, 9.17) is 23.0 Å². The Morgan fingerprint density at radius 1 is 1.23 bits per heavy atom. The summed E-state index contributed by atoms with van der Waals surface area (Å²) in [6, 6.07) is 8.50. The molecule has 0 saturated carbocycles. The summed E-state index contributed by atoms with van der Waals surface area (Å²) < 4.78 is 26.4. The van der Waals surface area contributed by atoms with E-state index in [0.29, 0.717) is 22.9 Å². The van der Waals surface area contributed by atoms with Gasteiger partial charge in [-0.05, 0) is 24.3 Å². The van der Waals surface area contributed by atoms with Crippen molar-refractivity contribution in [3.8, 4) is 23.1 Å². The van der Waals surface area contributed by atoms with E-state index in [1.165, 1.54) is 18.3 Å². The molecule has 2 aromatic heterocycles. The first-order chi connectivity index (χ1) is 14.6. The maximum Gasteiger partial charge on any atom is 0.311 e. The Kier molecular flexibility index (Phi) is 5.38. The summed E-state index contributed by atoms with van der Waals surface area (Å²) >= 11 is 0. The van der Waals surface area contributed by atoms with Crippen molar-refractivity contribution in [1.29, 1.82) is 0 Å². The second kappa shape index (κ2) is 8.27. The average molecular weight is 413 g/mol. The van der Waals surface area contributed by atoms with Gasteiger partial charge in [0.2, 0.25) is 5.91 Å². The maximum atomic E-state index is 12.5. The van der Waals surface area contributed by atoms with Crippen LogP contribution in [0, 0.1) is 5.92 Å². The van der Waals surface area contributed by atoms with Crippen LogP contribution in [-0.2, 0) is 20.9 Å². The lowest BCUT2D eigenvalue weighted by atomic mass is 10.1. The van der Waals surface area contributed by atoms with Gasteiger partial charge in [0.25, 0.3) is 11.8 Å². The minimum Gasteiger partial charge on any atom is -0.497 e. The number of rotatable bonds is 7. The van der Waals surface area contributed by atoms with Gasteiger partial charge in [0.15, 0.2) is 12.4 Å². The molecule has 4 rings (SSSR count). The third-order valence-corrected chi connectivity index (χ3v) is 4.67. The summed E-state index contributed by atoms with van der Waals surface area (Å²) in [5.74, 6) is 0.504. The van der Waals surface area contributed by atoms with Crippen molar-refractivity contribution < 1.29 is 32.6 Å². The zero-order valence-corrected chi connectivity index (χ0v) is 16.4. The highest BCUT2D eigenvalue weighted by molar-refractivity contribution is 6.00. The Morgan fingerprint density at radius 2 is 2.10 bits per heavy atom. The molecule has 10 heteroatoms. The van der Waals surface area contributed by atoms with Gasteiger partial charge in [-0.3, -0.25) is 9.59 Å². The highest BCUT2D eigenvalue weighted by Gasteiger charge is 2.37. The predicted molar refractivity (Wildman–Crippen MR) is 102 cm³/mol. The molecule has 156 valence electrons. The van der Waals surface area contributed by atoms with E-state index in [9.17, 15) is 9.59 Å². The van der Waals surface area contributed by atoms with E-state index in [1.54, 1.807) is 37.4 Å². The molecule has 1 aliphatic heterocycles. The topological polar surface area (TPSA) is 117 Å². The second-order valence-corrected chi connectivity index (χ2v) is 6.53. The highest BCUT2D eigenvalue weighted by Crippen LogP contribution is 2.36. The van der Waals surface area contributed by atoms with Crippen LogP contribution < -0.4 is 14.4 Å². The van der Waals surface area contributed by atoms with Gasteiger partial charge in [-0.25, -0.2) is 0 Å². The number of carbonyl (C=O) groups excluding carboxylic acids is 2. The number of methoxy groups -OCH3 is 2. The summed E-state index contributed by atoms with van der Waals surface area (Å²) in [5, 5.41) is 7.67. The molecule has 1 saturated heterocycles. The van der Waals surface area contributed by atoms with Crippen LogP contribution in [0.1, 0.15) is 12.3 Å². The first kappa shape index (κ1) is 19.5. The molecule has 3 heterocycles. The Labute approximate surface area is 171 Å². The van der Waals surface area contributed by atoms with Crippen LogP contribution >= 0.6 is 0 Å². The van der Waals surface area contributed by atoms with Crippen molar-refractivity contribution in [2.45, 2.75) is 13.0 Å². The van der Waals surface area contributed by atoms with Crippen LogP contribution in [-0.4, -0.2) is 42.8 Å². The summed E-state index contributed by atoms with van der Waals surface area (Å²) in [5.41, 5.74) is 0.568. The monoisotopic (exact) mass is 413 g/mol. The first-order valence-electron chi connectivity index (χ1n) is 9.14. The van der Waals surface area contributed by atoms with Gasteiger partial charge >= 0.3 is 5.97 Å². The molecule has 0 bridgehead atoms. The van der Waals surface area contributed by atoms with Gasteiger partial charge < -0.3 is 27.9 Å². The lowest BCUT2D eigenvalue weighted by Gasteiger charge is -2.20. The number of nitrogens with zero attached hydrogens (tertiary/aromatic N) is 3. The number of aromatic nitrogens is 2. The fourth-order valence-corrected chi connectivity index (χ4v) is 3.17. The number of benzene rings is 1. The lowest BCUT2D eigenvalue weighted by Crippen LogP contribution is -2.26. The molecular formula is C20H19N3O7. The first-order valence-corrected chi connectivity index (χ1v) is 9.14. The number of amides is 1. The molecule has 1 fully saturated rings. The normalized spacial score (nSPS) is 16.0. The maximum absolute atomic E-state index is 12.5. The van der Waals surface area contributed by atoms with Crippen molar-refractivity contribution in [3.05, 3.63) is 42.5 Å². The Morgan fingerprint density at radius 3 is 2.83 bits per heavy atom. The molecular weight excluding hydrogens is 394 g/mol. The minimum absolute atomic E-state index is 0.0372. The van der Waals surface area contributed by atoms with Crippen LogP contribution in [0.5, 0.6) is 11.5 Å². The zero-order chi connectivity index (χ0) is 21.1. The lowest BCUT2D eigenvalue weighted by molar-refractivity contribution is -0.150. The fourth-order valence-electron chi connectivity index (χ4n) is 3.17. The van der Waals surface area contributed by atoms with E-state index in [-0.39, 0.29) is 37.3 Å². The number of esters is 1. The van der Waals surface area contributed by atoms with Crippen LogP contribution in [0.15, 0.2) is 45.4 Å². The van der Waals surface area contributed by atoms with E-state index >= 15 is 0 Å². The molecule has 3 aromatic rings. The van der Waals surface area contributed by atoms with E-state index in [2.05, 4.69) is 10.2 Å². The summed E-state index contributed by atoms with van der Waals surface area (Å²) in [7, 11) is 3.05. The number of hydrogen-bond donors (Lipinski definition) is 0. The largest absolute Gasteiger partial charge is 0.497 e. The van der Waals surface area contributed by atoms with Gasteiger partial charge in [0.05, 0.1) is 32.1 Å². The Bertz CT molecular complexity index is 1040. The highest BCUT2D eigenvalue weighted by atomic mass is 16.5. The van der Waals surface area contributed by atoms with Crippen molar-refractivity contribution in [2.24, 2.45) is 5.92 Å². The molecule has 0 N–H and O–H groups in total. The molecule has 30 heavy (non-hydrogen) atoms. The van der Waals surface area contributed by atoms with E-state index in [1.807, 2.05) is 0 Å².